The number of ketones is 1. The van der Waals surface area contributed by atoms with Crippen molar-refractivity contribution >= 4 is 11.7 Å². The Balaban J connectivity index is 2.48. The molecule has 0 saturated carbocycles. The standard InChI is InChI=1S/C20H27NO5/c1-20(2,3)18(23)15-16(13-7-9-14(26-5)10-8-13)21(11-6-12-25-4)19(24)17(15)22/h7-10,16,22H,6,11-12H2,1-5H3. The van der Waals surface area contributed by atoms with Crippen LogP contribution < -0.4 is 4.74 Å². The van der Waals surface area contributed by atoms with Crippen LogP contribution in [-0.2, 0) is 14.3 Å². The van der Waals surface area contributed by atoms with Crippen LogP contribution >= 0.6 is 0 Å². The summed E-state index contributed by atoms with van der Waals surface area (Å²) in [5.41, 5.74) is 0.204. The third-order valence-corrected chi connectivity index (χ3v) is 4.41. The smallest absolute Gasteiger partial charge is 0.290 e. The van der Waals surface area contributed by atoms with Gasteiger partial charge in [-0.05, 0) is 24.1 Å². The zero-order valence-corrected chi connectivity index (χ0v) is 16.0. The molecule has 0 spiro atoms. The van der Waals surface area contributed by atoms with Crippen LogP contribution in [0.3, 0.4) is 0 Å². The molecule has 6 heteroatoms. The highest BCUT2D eigenvalue weighted by Gasteiger charge is 2.45. The van der Waals surface area contributed by atoms with Gasteiger partial charge in [0.15, 0.2) is 11.5 Å². The molecule has 0 aromatic heterocycles. The molecule has 1 atom stereocenters. The summed E-state index contributed by atoms with van der Waals surface area (Å²) in [5.74, 6) is -0.531. The summed E-state index contributed by atoms with van der Waals surface area (Å²) in [6, 6.07) is 6.57. The second-order valence-corrected chi connectivity index (χ2v) is 7.36. The predicted octanol–water partition coefficient (Wildman–Crippen LogP) is 3.04. The molecule has 0 fully saturated rings. The largest absolute Gasteiger partial charge is 0.503 e. The Morgan fingerprint density at radius 1 is 1.19 bits per heavy atom. The van der Waals surface area contributed by atoms with E-state index in [-0.39, 0.29) is 11.4 Å². The summed E-state index contributed by atoms with van der Waals surface area (Å²) in [4.78, 5) is 27.1. The van der Waals surface area contributed by atoms with E-state index in [0.717, 1.165) is 5.56 Å². The van der Waals surface area contributed by atoms with Gasteiger partial charge in [-0.3, -0.25) is 9.59 Å². The molecule has 26 heavy (non-hydrogen) atoms. The van der Waals surface area contributed by atoms with Crippen LogP contribution in [0.1, 0.15) is 38.8 Å². The average Bonchev–Trinajstić information content (AvgIpc) is 2.85. The van der Waals surface area contributed by atoms with Gasteiger partial charge in [-0.1, -0.05) is 32.9 Å². The molecule has 0 bridgehead atoms. The van der Waals surface area contributed by atoms with Crippen molar-refractivity contribution in [3.05, 3.63) is 41.2 Å². The summed E-state index contributed by atoms with van der Waals surface area (Å²) >= 11 is 0. The zero-order valence-electron chi connectivity index (χ0n) is 16.0. The van der Waals surface area contributed by atoms with Crippen molar-refractivity contribution in [3.8, 4) is 5.75 Å². The fourth-order valence-corrected chi connectivity index (χ4v) is 3.03. The van der Waals surface area contributed by atoms with Crippen molar-refractivity contribution in [2.24, 2.45) is 5.41 Å². The number of methoxy groups -OCH3 is 2. The predicted molar refractivity (Wildman–Crippen MR) is 98.1 cm³/mol. The van der Waals surface area contributed by atoms with E-state index in [1.807, 2.05) is 12.1 Å². The third-order valence-electron chi connectivity index (χ3n) is 4.41. The highest BCUT2D eigenvalue weighted by atomic mass is 16.5. The molecule has 0 aliphatic carbocycles. The van der Waals surface area contributed by atoms with E-state index in [9.17, 15) is 14.7 Å². The molecule has 1 N–H and O–H groups in total. The van der Waals surface area contributed by atoms with Crippen molar-refractivity contribution in [3.63, 3.8) is 0 Å². The maximum atomic E-state index is 13.0. The summed E-state index contributed by atoms with van der Waals surface area (Å²) in [6.07, 6.45) is 0.610. The van der Waals surface area contributed by atoms with Gasteiger partial charge in [0.25, 0.3) is 5.91 Å². The molecule has 1 heterocycles. The number of carbonyl (C=O) groups is 2. The molecular formula is C20H27NO5. The van der Waals surface area contributed by atoms with Crippen LogP contribution in [-0.4, -0.2) is 49.1 Å². The van der Waals surface area contributed by atoms with E-state index < -0.39 is 23.1 Å². The molecular weight excluding hydrogens is 334 g/mol. The van der Waals surface area contributed by atoms with Crippen LogP contribution in [0.2, 0.25) is 0 Å². The number of benzene rings is 1. The summed E-state index contributed by atoms with van der Waals surface area (Å²) < 4.78 is 10.2. The maximum Gasteiger partial charge on any atom is 0.290 e. The number of rotatable bonds is 7. The molecule has 1 aliphatic rings. The molecule has 1 amide bonds. The fourth-order valence-electron chi connectivity index (χ4n) is 3.03. The molecule has 1 aromatic carbocycles. The van der Waals surface area contributed by atoms with Crippen molar-refractivity contribution in [1.29, 1.82) is 0 Å². The van der Waals surface area contributed by atoms with Gasteiger partial charge in [-0.25, -0.2) is 0 Å². The summed E-state index contributed by atoms with van der Waals surface area (Å²) in [7, 11) is 3.17. The van der Waals surface area contributed by atoms with Crippen molar-refractivity contribution in [1.82, 2.24) is 4.90 Å². The van der Waals surface area contributed by atoms with E-state index in [2.05, 4.69) is 0 Å². The minimum atomic E-state index is -0.711. The number of aliphatic hydroxyl groups is 1. The molecule has 0 radical (unpaired) electrons. The first-order valence-corrected chi connectivity index (χ1v) is 8.64. The number of ether oxygens (including phenoxy) is 2. The number of hydrogen-bond acceptors (Lipinski definition) is 5. The minimum Gasteiger partial charge on any atom is -0.503 e. The lowest BCUT2D eigenvalue weighted by Gasteiger charge is -2.29. The molecule has 0 saturated heterocycles. The first-order valence-electron chi connectivity index (χ1n) is 8.64. The van der Waals surface area contributed by atoms with Gasteiger partial charge in [0.2, 0.25) is 0 Å². The molecule has 1 aliphatic heterocycles. The van der Waals surface area contributed by atoms with Crippen LogP contribution in [0.25, 0.3) is 0 Å². The first kappa shape index (κ1) is 20.0. The minimum absolute atomic E-state index is 0.157. The van der Waals surface area contributed by atoms with E-state index in [1.54, 1.807) is 47.1 Å². The van der Waals surface area contributed by atoms with E-state index in [0.29, 0.717) is 25.3 Å². The zero-order chi connectivity index (χ0) is 19.5. The maximum absolute atomic E-state index is 13.0. The van der Waals surface area contributed by atoms with Crippen LogP contribution in [0.4, 0.5) is 0 Å². The Bertz CT molecular complexity index is 700. The SMILES string of the molecule is COCCCN1C(=O)C(O)=C(C(=O)C(C)(C)C)C1c1ccc(OC)cc1. The van der Waals surface area contributed by atoms with Gasteiger partial charge in [0.1, 0.15) is 5.75 Å². The lowest BCUT2D eigenvalue weighted by atomic mass is 9.82. The Morgan fingerprint density at radius 3 is 2.31 bits per heavy atom. The Kier molecular flexibility index (Phi) is 6.08. The van der Waals surface area contributed by atoms with Gasteiger partial charge < -0.3 is 19.5 Å². The molecule has 1 aromatic rings. The number of amides is 1. The Hall–Kier alpha value is -2.34. The molecule has 142 valence electrons. The third kappa shape index (κ3) is 3.90. The van der Waals surface area contributed by atoms with Crippen molar-refractivity contribution in [2.75, 3.05) is 27.4 Å². The topological polar surface area (TPSA) is 76.1 Å². The fraction of sp³-hybridized carbons (Fsp3) is 0.500. The highest BCUT2D eigenvalue weighted by Crippen LogP contribution is 2.41. The van der Waals surface area contributed by atoms with Gasteiger partial charge in [0.05, 0.1) is 18.7 Å². The van der Waals surface area contributed by atoms with Crippen molar-refractivity contribution in [2.45, 2.75) is 33.2 Å². The number of carbonyl (C=O) groups excluding carboxylic acids is 2. The summed E-state index contributed by atoms with van der Waals surface area (Å²) in [6.45, 7) is 6.20. The van der Waals surface area contributed by atoms with Gasteiger partial charge in [-0.2, -0.15) is 0 Å². The first-order chi connectivity index (χ1) is 12.2. The Labute approximate surface area is 154 Å². The van der Waals surface area contributed by atoms with E-state index >= 15 is 0 Å². The average molecular weight is 361 g/mol. The second-order valence-electron chi connectivity index (χ2n) is 7.36. The van der Waals surface area contributed by atoms with E-state index in [4.69, 9.17) is 9.47 Å². The van der Waals surface area contributed by atoms with E-state index in [1.165, 1.54) is 4.90 Å². The molecule has 6 nitrogen and oxygen atoms in total. The van der Waals surface area contributed by atoms with Crippen LogP contribution in [0, 0.1) is 5.41 Å². The number of Topliss-reactive ketones (excluding diaryl/α,β-unsaturated/α-hetero) is 1. The number of aliphatic hydroxyl groups excluding tert-OH is 1. The van der Waals surface area contributed by atoms with Crippen LogP contribution in [0.5, 0.6) is 5.75 Å². The van der Waals surface area contributed by atoms with Crippen molar-refractivity contribution < 1.29 is 24.2 Å². The quantitative estimate of drug-likeness (QED) is 0.756. The van der Waals surface area contributed by atoms with Crippen LogP contribution in [0.15, 0.2) is 35.6 Å². The van der Waals surface area contributed by atoms with Gasteiger partial charge in [-0.15, -0.1) is 0 Å². The molecule has 1 unspecified atom stereocenters. The number of hydrogen-bond donors (Lipinski definition) is 1. The second kappa shape index (κ2) is 7.91. The monoisotopic (exact) mass is 361 g/mol. The lowest BCUT2D eigenvalue weighted by molar-refractivity contribution is -0.129. The molecule has 2 rings (SSSR count). The van der Waals surface area contributed by atoms with Gasteiger partial charge in [0, 0.05) is 25.7 Å². The van der Waals surface area contributed by atoms with Gasteiger partial charge >= 0.3 is 0 Å². The lowest BCUT2D eigenvalue weighted by Crippen LogP contribution is -2.34. The number of nitrogens with zero attached hydrogens (tertiary/aromatic N) is 1. The summed E-state index contributed by atoms with van der Waals surface area (Å²) in [5, 5.41) is 10.5. The normalized spacial score (nSPS) is 17.8. The Morgan fingerprint density at radius 2 is 1.81 bits per heavy atom. The highest BCUT2D eigenvalue weighted by molar-refractivity contribution is 6.10.